The SMILES string of the molecule is Cc1cc(C)c(NC2CCOC2)c(C)c1. The summed E-state index contributed by atoms with van der Waals surface area (Å²) in [6.45, 7) is 8.20. The first kappa shape index (κ1) is 10.5. The largest absolute Gasteiger partial charge is 0.379 e. The van der Waals surface area contributed by atoms with Crippen molar-refractivity contribution in [1.29, 1.82) is 0 Å². The van der Waals surface area contributed by atoms with E-state index in [1.165, 1.54) is 22.4 Å². The summed E-state index contributed by atoms with van der Waals surface area (Å²) in [7, 11) is 0. The molecule has 0 spiro atoms. The molecule has 1 heterocycles. The van der Waals surface area contributed by atoms with E-state index in [9.17, 15) is 0 Å². The van der Waals surface area contributed by atoms with Crippen LogP contribution in [0.2, 0.25) is 0 Å². The Labute approximate surface area is 91.6 Å². The third kappa shape index (κ3) is 2.32. The van der Waals surface area contributed by atoms with Gasteiger partial charge >= 0.3 is 0 Å². The predicted octanol–water partition coefficient (Wildman–Crippen LogP) is 2.81. The second-order valence-electron chi connectivity index (χ2n) is 4.48. The predicted molar refractivity (Wildman–Crippen MR) is 63.5 cm³/mol. The fraction of sp³-hybridized carbons (Fsp3) is 0.538. The smallest absolute Gasteiger partial charge is 0.0668 e. The van der Waals surface area contributed by atoms with Crippen molar-refractivity contribution in [2.45, 2.75) is 33.2 Å². The molecular weight excluding hydrogens is 186 g/mol. The topological polar surface area (TPSA) is 21.3 Å². The van der Waals surface area contributed by atoms with Gasteiger partial charge in [-0.25, -0.2) is 0 Å². The van der Waals surface area contributed by atoms with Crippen molar-refractivity contribution in [3.63, 3.8) is 0 Å². The summed E-state index contributed by atoms with van der Waals surface area (Å²) >= 11 is 0. The number of benzene rings is 1. The molecule has 1 aromatic rings. The average molecular weight is 205 g/mol. The van der Waals surface area contributed by atoms with Gasteiger partial charge in [0.05, 0.1) is 12.6 Å². The van der Waals surface area contributed by atoms with Crippen LogP contribution in [0.15, 0.2) is 12.1 Å². The second kappa shape index (κ2) is 4.23. The van der Waals surface area contributed by atoms with Gasteiger partial charge in [-0.3, -0.25) is 0 Å². The van der Waals surface area contributed by atoms with E-state index < -0.39 is 0 Å². The van der Waals surface area contributed by atoms with Gasteiger partial charge in [0.1, 0.15) is 0 Å². The number of rotatable bonds is 2. The van der Waals surface area contributed by atoms with Crippen molar-refractivity contribution in [1.82, 2.24) is 0 Å². The van der Waals surface area contributed by atoms with Gasteiger partial charge in [-0.05, 0) is 38.3 Å². The van der Waals surface area contributed by atoms with Crippen LogP contribution >= 0.6 is 0 Å². The molecule has 1 atom stereocenters. The number of hydrogen-bond donors (Lipinski definition) is 1. The standard InChI is InChI=1S/C13H19NO/c1-9-6-10(2)13(11(3)7-9)14-12-4-5-15-8-12/h6-7,12,14H,4-5,8H2,1-3H3. The number of ether oxygens (including phenoxy) is 1. The Morgan fingerprint density at radius 2 is 1.87 bits per heavy atom. The van der Waals surface area contributed by atoms with Crippen molar-refractivity contribution in [2.24, 2.45) is 0 Å². The zero-order valence-corrected chi connectivity index (χ0v) is 9.76. The molecule has 1 aliphatic rings. The molecule has 0 amide bonds. The lowest BCUT2D eigenvalue weighted by Crippen LogP contribution is -2.20. The van der Waals surface area contributed by atoms with Gasteiger partial charge < -0.3 is 10.1 Å². The minimum Gasteiger partial charge on any atom is -0.379 e. The van der Waals surface area contributed by atoms with E-state index in [-0.39, 0.29) is 0 Å². The van der Waals surface area contributed by atoms with Gasteiger partial charge in [0, 0.05) is 12.3 Å². The van der Waals surface area contributed by atoms with Gasteiger partial charge in [-0.2, -0.15) is 0 Å². The van der Waals surface area contributed by atoms with Crippen LogP contribution in [0.4, 0.5) is 5.69 Å². The van der Waals surface area contributed by atoms with Gasteiger partial charge in [-0.1, -0.05) is 17.7 Å². The van der Waals surface area contributed by atoms with Crippen molar-refractivity contribution < 1.29 is 4.74 Å². The van der Waals surface area contributed by atoms with E-state index in [2.05, 4.69) is 38.2 Å². The van der Waals surface area contributed by atoms with Crippen LogP contribution in [0.5, 0.6) is 0 Å². The maximum atomic E-state index is 5.37. The molecule has 0 radical (unpaired) electrons. The highest BCUT2D eigenvalue weighted by Gasteiger charge is 2.16. The molecular formula is C13H19NO. The van der Waals surface area contributed by atoms with Crippen LogP contribution in [-0.2, 0) is 4.74 Å². The molecule has 82 valence electrons. The van der Waals surface area contributed by atoms with E-state index in [0.29, 0.717) is 6.04 Å². The molecule has 0 saturated carbocycles. The minimum absolute atomic E-state index is 0.491. The Kier molecular flexibility index (Phi) is 2.96. The molecule has 2 rings (SSSR count). The van der Waals surface area contributed by atoms with Crippen LogP contribution < -0.4 is 5.32 Å². The molecule has 0 bridgehead atoms. The first-order chi connectivity index (χ1) is 7.16. The third-order valence-electron chi connectivity index (χ3n) is 2.96. The monoisotopic (exact) mass is 205 g/mol. The van der Waals surface area contributed by atoms with Crippen LogP contribution in [0.3, 0.4) is 0 Å². The van der Waals surface area contributed by atoms with E-state index in [4.69, 9.17) is 4.74 Å². The zero-order valence-electron chi connectivity index (χ0n) is 9.76. The van der Waals surface area contributed by atoms with Crippen molar-refractivity contribution in [3.05, 3.63) is 28.8 Å². The van der Waals surface area contributed by atoms with Crippen LogP contribution in [0, 0.1) is 20.8 Å². The number of hydrogen-bond acceptors (Lipinski definition) is 2. The summed E-state index contributed by atoms with van der Waals surface area (Å²) in [6.07, 6.45) is 1.12. The number of anilines is 1. The van der Waals surface area contributed by atoms with Crippen LogP contribution in [0.25, 0.3) is 0 Å². The summed E-state index contributed by atoms with van der Waals surface area (Å²) in [5.41, 5.74) is 5.29. The van der Waals surface area contributed by atoms with E-state index in [1.54, 1.807) is 0 Å². The highest BCUT2D eigenvalue weighted by Crippen LogP contribution is 2.24. The third-order valence-corrected chi connectivity index (χ3v) is 2.96. The Bertz CT molecular complexity index is 331. The van der Waals surface area contributed by atoms with Crippen LogP contribution in [-0.4, -0.2) is 19.3 Å². The van der Waals surface area contributed by atoms with Crippen molar-refractivity contribution >= 4 is 5.69 Å². The Hall–Kier alpha value is -1.02. The molecule has 1 aliphatic heterocycles. The van der Waals surface area contributed by atoms with E-state index in [0.717, 1.165) is 19.6 Å². The van der Waals surface area contributed by atoms with E-state index >= 15 is 0 Å². The molecule has 0 aliphatic carbocycles. The van der Waals surface area contributed by atoms with Crippen molar-refractivity contribution in [3.8, 4) is 0 Å². The van der Waals surface area contributed by atoms with Crippen molar-refractivity contribution in [2.75, 3.05) is 18.5 Å². The molecule has 1 N–H and O–H groups in total. The maximum absolute atomic E-state index is 5.37. The summed E-state index contributed by atoms with van der Waals surface area (Å²) in [6, 6.07) is 4.95. The normalized spacial score (nSPS) is 20.6. The van der Waals surface area contributed by atoms with Gasteiger partial charge in [-0.15, -0.1) is 0 Å². The summed E-state index contributed by atoms with van der Waals surface area (Å²) in [5, 5.41) is 3.58. The minimum atomic E-state index is 0.491. The van der Waals surface area contributed by atoms with E-state index in [1.807, 2.05) is 0 Å². The molecule has 1 saturated heterocycles. The fourth-order valence-electron chi connectivity index (χ4n) is 2.26. The molecule has 1 fully saturated rings. The first-order valence-corrected chi connectivity index (χ1v) is 5.59. The number of nitrogens with one attached hydrogen (secondary N) is 1. The lowest BCUT2D eigenvalue weighted by molar-refractivity contribution is 0.195. The summed E-state index contributed by atoms with van der Waals surface area (Å²) < 4.78 is 5.37. The molecule has 2 heteroatoms. The summed E-state index contributed by atoms with van der Waals surface area (Å²) in [4.78, 5) is 0. The average Bonchev–Trinajstić information content (AvgIpc) is 2.63. The molecule has 1 aromatic carbocycles. The highest BCUT2D eigenvalue weighted by atomic mass is 16.5. The maximum Gasteiger partial charge on any atom is 0.0668 e. The zero-order chi connectivity index (χ0) is 10.8. The molecule has 2 nitrogen and oxygen atoms in total. The Morgan fingerprint density at radius 1 is 1.20 bits per heavy atom. The Balaban J connectivity index is 2.19. The second-order valence-corrected chi connectivity index (χ2v) is 4.48. The lowest BCUT2D eigenvalue weighted by atomic mass is 10.0. The Morgan fingerprint density at radius 3 is 2.40 bits per heavy atom. The summed E-state index contributed by atoms with van der Waals surface area (Å²) in [5.74, 6) is 0. The highest BCUT2D eigenvalue weighted by molar-refractivity contribution is 5.58. The number of aryl methyl sites for hydroxylation is 3. The van der Waals surface area contributed by atoms with Gasteiger partial charge in [0.15, 0.2) is 0 Å². The molecule has 1 unspecified atom stereocenters. The molecule has 0 aromatic heterocycles. The van der Waals surface area contributed by atoms with Gasteiger partial charge in [0.25, 0.3) is 0 Å². The quantitative estimate of drug-likeness (QED) is 0.801. The lowest BCUT2D eigenvalue weighted by Gasteiger charge is -2.17. The van der Waals surface area contributed by atoms with Gasteiger partial charge in [0.2, 0.25) is 0 Å². The van der Waals surface area contributed by atoms with Crippen LogP contribution in [0.1, 0.15) is 23.1 Å². The first-order valence-electron chi connectivity index (χ1n) is 5.59. The fourth-order valence-corrected chi connectivity index (χ4v) is 2.26. The molecule has 15 heavy (non-hydrogen) atoms.